The summed E-state index contributed by atoms with van der Waals surface area (Å²) < 4.78 is 115. The van der Waals surface area contributed by atoms with E-state index < -0.39 is 71.5 Å². The van der Waals surface area contributed by atoms with Gasteiger partial charge in [0.1, 0.15) is 24.0 Å². The third-order valence-corrected chi connectivity index (χ3v) is 17.7. The number of hydrogen-bond donors (Lipinski definition) is 7. The van der Waals surface area contributed by atoms with E-state index in [2.05, 4.69) is 24.2 Å². The van der Waals surface area contributed by atoms with Crippen LogP contribution in [0.2, 0.25) is 0 Å². The number of rotatable bonds is 33. The average Bonchev–Trinajstić information content (AvgIpc) is 3.99. The van der Waals surface area contributed by atoms with Crippen molar-refractivity contribution in [3.05, 3.63) is 73.5 Å². The summed E-state index contributed by atoms with van der Waals surface area (Å²) in [5.41, 5.74) is 1.28. The summed E-state index contributed by atoms with van der Waals surface area (Å²) in [6, 6.07) is 3.30. The third-order valence-electron chi connectivity index (χ3n) is 11.0. The van der Waals surface area contributed by atoms with Gasteiger partial charge in [0, 0.05) is 79.2 Å². The number of nitrogens with one attached hydrogen (secondary N) is 3. The van der Waals surface area contributed by atoms with Crippen molar-refractivity contribution in [1.29, 1.82) is 0 Å². The molecule has 416 valence electrons. The third kappa shape index (κ3) is 19.1. The number of H-pyrrole nitrogens is 1. The molecule has 1 fully saturated rings. The van der Waals surface area contributed by atoms with E-state index in [1.807, 2.05) is 20.8 Å². The van der Waals surface area contributed by atoms with Crippen LogP contribution in [-0.4, -0.2) is 158 Å². The molecule has 5 heterocycles. The lowest BCUT2D eigenvalue weighted by atomic mass is 9.89. The molecule has 7 N–H and O–H groups in total. The number of carbonyl (C=O) groups is 2. The van der Waals surface area contributed by atoms with Gasteiger partial charge in [-0.25, -0.2) is 18.5 Å². The van der Waals surface area contributed by atoms with Crippen LogP contribution in [0.5, 0.6) is 0 Å². The quantitative estimate of drug-likeness (QED) is 0.0177. The molecule has 26 nitrogen and oxygen atoms in total. The molecule has 5 atom stereocenters. The number of aryl methyl sites for hydroxylation is 2. The van der Waals surface area contributed by atoms with E-state index in [4.69, 9.17) is 42.7 Å². The van der Waals surface area contributed by atoms with E-state index >= 15 is 8.63 Å². The van der Waals surface area contributed by atoms with Crippen LogP contribution >= 0.6 is 45.1 Å². The van der Waals surface area contributed by atoms with Crippen molar-refractivity contribution in [3.63, 3.8) is 0 Å². The van der Waals surface area contributed by atoms with Crippen LogP contribution in [0.4, 0.5) is 8.63 Å². The highest BCUT2D eigenvalue weighted by Crippen LogP contribution is 2.66. The molecule has 3 aliphatic heterocycles. The Hall–Kier alpha value is -3.16. The Morgan fingerprint density at radius 3 is 2.19 bits per heavy atom. The molecule has 0 aliphatic carbocycles. The Balaban J connectivity index is 0.869. The highest BCUT2D eigenvalue weighted by atomic mass is 33.1. The lowest BCUT2D eigenvalue weighted by Crippen LogP contribution is -2.50. The Labute approximate surface area is 431 Å². The number of aromatic amines is 1. The van der Waals surface area contributed by atoms with E-state index in [0.717, 1.165) is 19.1 Å². The van der Waals surface area contributed by atoms with Gasteiger partial charge in [0.25, 0.3) is 5.56 Å². The molecule has 74 heavy (non-hydrogen) atoms. The van der Waals surface area contributed by atoms with Crippen molar-refractivity contribution in [3.8, 4) is 0 Å². The molecule has 34 heteroatoms. The first kappa shape index (κ1) is 61.7. The predicted molar refractivity (Wildman–Crippen MR) is 266 cm³/mol. The van der Waals surface area contributed by atoms with Gasteiger partial charge in [0.05, 0.1) is 65.6 Å². The Kier molecular flexibility index (Phi) is 22.9. The molecule has 3 aliphatic rings. The fourth-order valence-electron chi connectivity index (χ4n) is 7.61. The number of fused-ring (bicyclic) bond motifs is 2. The number of aromatic nitrogens is 3. The molecule has 0 bridgehead atoms. The van der Waals surface area contributed by atoms with Gasteiger partial charge >= 0.3 is 36.1 Å². The number of allylic oxidation sites excluding steroid dienone is 2. The maximum Gasteiger partial charge on any atom is 0.737 e. The standard InChI is InChI=1S/C40H62BF2N6O20P3S2/c1-27-20-29(3)48-32(27)21-31-7-6-30(49(31)41(48,42)43)8-9-35(50)44-11-13-62-15-17-64-19-18-63-16-14-61-12-10-36(51)45-25-40(4,5)74-73-26-65-33-22-37(47-23-28(2)38(52)46-39(47)53)67-34(33)24-66-71(57,58)69-72(59,60)68-70(54,55)56/h6-7,20-21,23,33-34,37H,8-19,22,24-26H2,1-5H3,(H,44,50)(H,45,51)(H,57,58)(H,59,60)(H,46,52,53)(H2,54,55,56)/t33?,34-,37-/m1/s1. The summed E-state index contributed by atoms with van der Waals surface area (Å²) in [6.07, 6.45) is 1.75. The zero-order chi connectivity index (χ0) is 54.5. The summed E-state index contributed by atoms with van der Waals surface area (Å²) in [7, 11) is -14.3. The second-order valence-electron chi connectivity index (χ2n) is 17.4. The van der Waals surface area contributed by atoms with Gasteiger partial charge in [0.2, 0.25) is 11.8 Å². The van der Waals surface area contributed by atoms with E-state index in [0.29, 0.717) is 49.2 Å². The van der Waals surface area contributed by atoms with Gasteiger partial charge in [-0.2, -0.15) is 8.62 Å². The number of phosphoric ester groups is 1. The Bertz CT molecular complexity index is 2670. The minimum atomic E-state index is -5.79. The summed E-state index contributed by atoms with van der Waals surface area (Å²) in [6.45, 7) is 6.40. The van der Waals surface area contributed by atoms with Crippen LogP contribution in [0.1, 0.15) is 70.1 Å². The first-order chi connectivity index (χ1) is 34.7. The van der Waals surface area contributed by atoms with Crippen molar-refractivity contribution >= 4 is 75.6 Å². The molecule has 0 radical (unpaired) electrons. The Morgan fingerprint density at radius 2 is 1.53 bits per heavy atom. The highest BCUT2D eigenvalue weighted by Gasteiger charge is 2.53. The van der Waals surface area contributed by atoms with Crippen molar-refractivity contribution in [1.82, 2.24) is 24.7 Å². The van der Waals surface area contributed by atoms with Gasteiger partial charge in [0.15, 0.2) is 5.70 Å². The lowest BCUT2D eigenvalue weighted by Gasteiger charge is -2.31. The van der Waals surface area contributed by atoms with Gasteiger partial charge in [-0.3, -0.25) is 28.5 Å². The number of nitrogens with zero attached hydrogens (tertiary/aromatic N) is 3. The normalized spacial score (nSPS) is 20.1. The second kappa shape index (κ2) is 27.4. The molecule has 2 amide bonds. The van der Waals surface area contributed by atoms with Gasteiger partial charge in [-0.1, -0.05) is 21.6 Å². The van der Waals surface area contributed by atoms with E-state index in [9.17, 15) is 42.7 Å². The summed E-state index contributed by atoms with van der Waals surface area (Å²) in [5.74, 6) is -0.533. The SMILES string of the molecule is CC1=CC(C)=[N+]2C1=Cc1ccc(CCC(=O)NCCOCCOCCOCCOCCC(=O)NCC(C)(C)SSCOC3C[C@H](n4cc(C)c(=O)[nH]c4=O)O[C@@H]3COP(=O)(O)OP(=O)(O)OP(=O)(O)O)n1[B-]2(F)F. The molecule has 0 saturated carbocycles. The van der Waals surface area contributed by atoms with Crippen LogP contribution in [0.25, 0.3) is 6.08 Å². The van der Waals surface area contributed by atoms with Crippen LogP contribution < -0.4 is 21.9 Å². The highest BCUT2D eigenvalue weighted by molar-refractivity contribution is 8.77. The summed E-state index contributed by atoms with van der Waals surface area (Å²) >= 11 is 0. The second-order valence-corrected chi connectivity index (χ2v) is 24.8. The number of hydrogen-bond acceptors (Lipinski definition) is 18. The van der Waals surface area contributed by atoms with Crippen LogP contribution in [0.3, 0.4) is 0 Å². The fraction of sp³-hybridized carbons (Fsp3) is 0.625. The number of ether oxygens (including phenoxy) is 6. The zero-order valence-corrected chi connectivity index (χ0v) is 45.4. The number of amides is 2. The largest absolute Gasteiger partial charge is 0.737 e. The molecule has 0 aromatic carbocycles. The lowest BCUT2D eigenvalue weighted by molar-refractivity contribution is -0.362. The van der Waals surface area contributed by atoms with Gasteiger partial charge in [-0.05, 0) is 51.9 Å². The summed E-state index contributed by atoms with van der Waals surface area (Å²) in [4.78, 5) is 88.6. The monoisotopic (exact) mass is 1150 g/mol. The molecule has 1 saturated heterocycles. The number of carbonyl (C=O) groups excluding carboxylic acids is 2. The van der Waals surface area contributed by atoms with E-state index in [1.54, 1.807) is 31.2 Å². The predicted octanol–water partition coefficient (Wildman–Crippen LogP) is 3.11. The molecule has 2 aromatic rings. The van der Waals surface area contributed by atoms with Crippen molar-refractivity contribution < 1.29 is 97.5 Å². The maximum absolute atomic E-state index is 15.6. The topological polar surface area (TPSA) is 336 Å². The van der Waals surface area contributed by atoms with Gasteiger partial charge in [-0.15, -0.1) is 0 Å². The first-order valence-electron chi connectivity index (χ1n) is 23.0. The molecule has 3 unspecified atom stereocenters. The number of halogens is 2. The van der Waals surface area contributed by atoms with Crippen LogP contribution in [-0.2, 0) is 71.3 Å². The number of phosphoric acid groups is 3. The molecular formula is C40H62BF2N6O20P3S2. The van der Waals surface area contributed by atoms with E-state index in [-0.39, 0.29) is 88.5 Å². The fourth-order valence-corrected chi connectivity index (χ4v) is 12.8. The Morgan fingerprint density at radius 1 is 0.892 bits per heavy atom. The first-order valence-corrected chi connectivity index (χ1v) is 29.8. The van der Waals surface area contributed by atoms with Crippen molar-refractivity contribution in [2.45, 2.75) is 83.5 Å². The van der Waals surface area contributed by atoms with Gasteiger partial charge < -0.3 is 76.2 Å². The van der Waals surface area contributed by atoms with Crippen LogP contribution in [0.15, 0.2) is 45.3 Å². The zero-order valence-electron chi connectivity index (χ0n) is 41.1. The molecular weight excluding hydrogens is 1090 g/mol. The van der Waals surface area contributed by atoms with Crippen molar-refractivity contribution in [2.75, 3.05) is 78.5 Å². The van der Waals surface area contributed by atoms with Crippen LogP contribution in [0, 0.1) is 6.92 Å². The maximum atomic E-state index is 15.6. The summed E-state index contributed by atoms with van der Waals surface area (Å²) in [5, 5.41) is 5.59. The smallest absolute Gasteiger partial charge is 0.394 e. The molecule has 5 rings (SSSR count). The minimum Gasteiger partial charge on any atom is -0.394 e. The minimum absolute atomic E-state index is 0.0141. The van der Waals surface area contributed by atoms with E-state index in [1.165, 1.54) is 34.7 Å². The molecule has 2 aromatic heterocycles. The van der Waals surface area contributed by atoms with Crippen molar-refractivity contribution in [2.24, 2.45) is 0 Å². The average molecular weight is 1150 g/mol. The molecule has 0 spiro atoms.